The van der Waals surface area contributed by atoms with E-state index in [0.29, 0.717) is 23.9 Å². The first-order chi connectivity index (χ1) is 25.9. The maximum atomic E-state index is 12.4. The van der Waals surface area contributed by atoms with Crippen LogP contribution in [0.15, 0.2) is 0 Å². The molecule has 0 aromatic carbocycles. The van der Waals surface area contributed by atoms with Crippen molar-refractivity contribution in [2.45, 2.75) is 212 Å². The fourth-order valence-electron chi connectivity index (χ4n) is 6.07. The third kappa shape index (κ3) is 39.3. The third-order valence-electron chi connectivity index (χ3n) is 9.75. The van der Waals surface area contributed by atoms with Gasteiger partial charge in [0.15, 0.2) is 6.10 Å². The van der Waals surface area contributed by atoms with Crippen molar-refractivity contribution in [1.29, 1.82) is 0 Å². The van der Waals surface area contributed by atoms with Crippen molar-refractivity contribution < 1.29 is 52.5 Å². The molecule has 2 atom stereocenters. The summed E-state index contributed by atoms with van der Waals surface area (Å²) in [4.78, 5) is 57.6. The molecule has 11 nitrogen and oxygen atoms in total. The van der Waals surface area contributed by atoms with Crippen LogP contribution in [0.3, 0.4) is 0 Å². The van der Waals surface area contributed by atoms with Gasteiger partial charge in [0.05, 0.1) is 21.1 Å². The van der Waals surface area contributed by atoms with Crippen molar-refractivity contribution >= 4 is 20.1 Å². The molecular formula is C42H84NO10P+. The molecule has 0 saturated carbocycles. The van der Waals surface area contributed by atoms with E-state index in [0.717, 1.165) is 57.8 Å². The molecule has 1 unspecified atom stereocenters. The van der Waals surface area contributed by atoms with Crippen LogP contribution < -0.4 is 10.00 Å². The minimum atomic E-state index is -4.63. The molecule has 0 aromatic rings. The number of carbonyl (C=O) groups excluding carboxylic acids is 2. The highest BCUT2D eigenvalue weighted by molar-refractivity contribution is 7.52. The Balaban J connectivity index is 4.29. The van der Waals surface area contributed by atoms with E-state index in [-0.39, 0.29) is 31.7 Å². The van der Waals surface area contributed by atoms with E-state index in [9.17, 15) is 24.5 Å². The van der Waals surface area contributed by atoms with Gasteiger partial charge >= 0.3 is 20.1 Å². The lowest BCUT2D eigenvalue weighted by molar-refractivity contribution is -0.870. The summed E-state index contributed by atoms with van der Waals surface area (Å²) >= 11 is 0. The van der Waals surface area contributed by atoms with Crippen LogP contribution in [0.2, 0.25) is 0 Å². The van der Waals surface area contributed by atoms with Crippen LogP contribution in [-0.4, -0.2) is 80.9 Å². The molecule has 0 aromatic heterocycles. The smallest absolute Gasteiger partial charge is 0.482 e. The number of hydrogen-bond acceptors (Lipinski definition) is 8. The van der Waals surface area contributed by atoms with Gasteiger partial charge in [0.2, 0.25) is 6.61 Å². The van der Waals surface area contributed by atoms with Crippen LogP contribution in [0, 0.1) is 0 Å². The zero-order chi connectivity index (χ0) is 40.2. The van der Waals surface area contributed by atoms with E-state index in [2.05, 4.69) is 6.92 Å². The molecule has 12 heteroatoms. The van der Waals surface area contributed by atoms with Crippen LogP contribution in [0.25, 0.3) is 0 Å². The van der Waals surface area contributed by atoms with Gasteiger partial charge in [-0.25, -0.2) is 4.79 Å². The summed E-state index contributed by atoms with van der Waals surface area (Å²) in [5, 5.41) is 11.4. The van der Waals surface area contributed by atoms with Crippen LogP contribution in [0.1, 0.15) is 200 Å². The van der Waals surface area contributed by atoms with Crippen molar-refractivity contribution in [3.05, 3.63) is 0 Å². The van der Waals surface area contributed by atoms with Crippen molar-refractivity contribution in [3.8, 4) is 0 Å². The second-order valence-corrected chi connectivity index (χ2v) is 17.7. The van der Waals surface area contributed by atoms with Gasteiger partial charge in [0.1, 0.15) is 26.2 Å². The van der Waals surface area contributed by atoms with E-state index in [1.165, 1.54) is 109 Å². The summed E-state index contributed by atoms with van der Waals surface area (Å²) in [7, 11) is 1.13. The molecule has 0 aliphatic carbocycles. The first-order valence-corrected chi connectivity index (χ1v) is 23.4. The molecule has 0 heterocycles. The Labute approximate surface area is 331 Å². The van der Waals surface area contributed by atoms with Gasteiger partial charge in [-0.2, -0.15) is 13.9 Å². The summed E-state index contributed by atoms with van der Waals surface area (Å²) in [6, 6.07) is 0. The number of rotatable bonds is 41. The highest BCUT2D eigenvalue weighted by Gasteiger charge is 2.35. The largest absolute Gasteiger partial charge is 0.852 e. The molecule has 0 aliphatic heterocycles. The number of nitrogens with zero attached hydrogens (tertiary/aromatic N) is 1. The first-order valence-electron chi connectivity index (χ1n) is 22.0. The van der Waals surface area contributed by atoms with Crippen molar-refractivity contribution in [1.82, 2.24) is 0 Å². The second-order valence-electron chi connectivity index (χ2n) is 16.3. The number of unbranched alkanes of at least 4 members (excludes halogenated alkanes) is 23. The summed E-state index contributed by atoms with van der Waals surface area (Å²) in [6.45, 7) is 3.88. The van der Waals surface area contributed by atoms with Crippen LogP contribution in [-0.2, 0) is 33.2 Å². The Morgan fingerprint density at radius 3 is 1.56 bits per heavy atom. The summed E-state index contributed by atoms with van der Waals surface area (Å²) in [5.41, 5.74) is 0. The Kier molecular flexibility index (Phi) is 35.8. The van der Waals surface area contributed by atoms with Gasteiger partial charge in [-0.15, -0.1) is 6.10 Å². The topological polar surface area (TPSA) is 151 Å². The summed E-state index contributed by atoms with van der Waals surface area (Å²) < 4.78 is 16.0. The minimum Gasteiger partial charge on any atom is -0.852 e. The molecule has 0 spiro atoms. The van der Waals surface area contributed by atoms with Gasteiger partial charge < -0.3 is 24.0 Å². The van der Waals surface area contributed by atoms with Gasteiger partial charge in [0, 0.05) is 11.3 Å². The minimum absolute atomic E-state index is 0.0420. The molecule has 0 amide bonds. The monoisotopic (exact) mass is 794 g/mol. The summed E-state index contributed by atoms with van der Waals surface area (Å²) in [6.07, 6.45) is 30.0. The second kappa shape index (κ2) is 36.4. The zero-order valence-corrected chi connectivity index (χ0v) is 36.4. The lowest BCUT2D eigenvalue weighted by Crippen LogP contribution is -2.38. The number of carbonyl (C=O) groups is 1. The standard InChI is InChI=1S/C42H83NO10P/c1-6-8-9-10-11-12-13-14-18-21-24-27-30-33-41(45)49-37-40(38-51-54(47,48)50-36-35-43(3,4)5)52-53-42(46)34-31-28-25-22-19-16-15-17-20-23-26-29-32-39(44)7-2/h39-40H,6-38H2,1-5H3/p+1/t39?,40-/m1/s1. The lowest BCUT2D eigenvalue weighted by atomic mass is 10.0. The predicted octanol–water partition coefficient (Wildman–Crippen LogP) is 9.64. The van der Waals surface area contributed by atoms with Gasteiger partial charge in [-0.05, 0) is 12.8 Å². The van der Waals surface area contributed by atoms with E-state index >= 15 is 0 Å². The molecule has 321 valence electrons. The molecule has 0 fully saturated rings. The first kappa shape index (κ1) is 53.1. The average Bonchev–Trinajstić information content (AvgIpc) is 3.12. The number of quaternary nitrogens is 1. The van der Waals surface area contributed by atoms with E-state index < -0.39 is 26.9 Å². The average molecular weight is 794 g/mol. The normalized spacial score (nSPS) is 14.1. The maximum Gasteiger partial charge on any atom is 0.482 e. The third-order valence-corrected chi connectivity index (χ3v) is 10.7. The quantitative estimate of drug-likeness (QED) is 0.0113. The van der Waals surface area contributed by atoms with Gasteiger partial charge in [-0.3, -0.25) is 4.89 Å². The molecule has 1 N–H and O–H groups in total. The van der Waals surface area contributed by atoms with E-state index in [1.54, 1.807) is 0 Å². The van der Waals surface area contributed by atoms with E-state index in [4.69, 9.17) is 23.6 Å². The van der Waals surface area contributed by atoms with Crippen molar-refractivity contribution in [2.24, 2.45) is 0 Å². The summed E-state index contributed by atoms with van der Waals surface area (Å²) in [5.74, 6) is -0.718. The SMILES string of the molecule is CCCCCCCCCCCCCCCC(=[OH+])OC[C@H](CO[P+]([O])([O-])OCC[N+](C)(C)C)OOC(=O)CCCCCCCCCCCCCCC([O-])CC. The molecule has 0 saturated heterocycles. The Bertz CT molecular complexity index is 857. The lowest BCUT2D eigenvalue weighted by Gasteiger charge is -2.24. The van der Waals surface area contributed by atoms with Crippen LogP contribution >= 0.6 is 8.17 Å². The predicted molar refractivity (Wildman–Crippen MR) is 215 cm³/mol. The fraction of sp³-hybridized carbons (Fsp3) is 0.952. The molecule has 0 rings (SSSR count). The number of likely N-dealkylation sites (N-methyl/N-ethyl adjacent to an activating group) is 1. The van der Waals surface area contributed by atoms with E-state index in [1.807, 2.05) is 28.1 Å². The zero-order valence-electron chi connectivity index (χ0n) is 35.5. The van der Waals surface area contributed by atoms with Gasteiger partial charge in [-0.1, -0.05) is 174 Å². The molecule has 54 heavy (non-hydrogen) atoms. The number of esters is 1. The molecule has 0 aliphatic rings. The Hall–Kier alpha value is -0.910. The fourth-order valence-corrected chi connectivity index (χ4v) is 6.80. The van der Waals surface area contributed by atoms with Crippen LogP contribution in [0.5, 0.6) is 0 Å². The number of ether oxygens (including phenoxy) is 1. The Morgan fingerprint density at radius 2 is 1.09 bits per heavy atom. The molecule has 1 radical (unpaired) electrons. The Morgan fingerprint density at radius 1 is 0.648 bits per heavy atom. The van der Waals surface area contributed by atoms with Gasteiger partial charge in [0.25, 0.3) is 0 Å². The molecule has 0 bridgehead atoms. The van der Waals surface area contributed by atoms with Crippen molar-refractivity contribution in [3.63, 3.8) is 0 Å². The maximum absolute atomic E-state index is 12.4. The highest BCUT2D eigenvalue weighted by atomic mass is 31.2. The van der Waals surface area contributed by atoms with Crippen LogP contribution in [0.4, 0.5) is 0 Å². The number of hydrogen-bond donors (Lipinski definition) is 0. The molecular weight excluding hydrogens is 709 g/mol. The highest BCUT2D eigenvalue weighted by Crippen LogP contribution is 2.48. The van der Waals surface area contributed by atoms with Crippen molar-refractivity contribution in [2.75, 3.05) is 47.5 Å².